The fraction of sp³-hybridized carbons (Fsp3) is 0.929. The maximum atomic E-state index is 9.16. The van der Waals surface area contributed by atoms with E-state index >= 15 is 0 Å². The highest BCUT2D eigenvalue weighted by atomic mass is 15.2. The molecular formula is C14H25N3. The van der Waals surface area contributed by atoms with Crippen molar-refractivity contribution >= 4 is 0 Å². The average Bonchev–Trinajstić information content (AvgIpc) is 2.79. The highest BCUT2D eigenvalue weighted by Gasteiger charge is 2.36. The van der Waals surface area contributed by atoms with E-state index in [4.69, 9.17) is 5.26 Å². The van der Waals surface area contributed by atoms with Crippen molar-refractivity contribution in [2.75, 3.05) is 20.1 Å². The van der Waals surface area contributed by atoms with Crippen LogP contribution in [0, 0.1) is 17.2 Å². The van der Waals surface area contributed by atoms with E-state index in [2.05, 4.69) is 16.3 Å². The quantitative estimate of drug-likeness (QED) is 0.811. The Bertz CT molecular complexity index is 296. The van der Waals surface area contributed by atoms with Gasteiger partial charge in [-0.25, -0.2) is 0 Å². The van der Waals surface area contributed by atoms with Crippen LogP contribution in [0.4, 0.5) is 0 Å². The molecule has 1 saturated carbocycles. The van der Waals surface area contributed by atoms with Crippen LogP contribution in [-0.4, -0.2) is 36.6 Å². The standard InChI is InChI=1S/C14H25N3/c1-14(11-15,16-2)8-10-17-9-7-12-5-3-4-6-13(12)17/h12-13,16H,3-10H2,1-2H3. The summed E-state index contributed by atoms with van der Waals surface area (Å²) in [6.07, 6.45) is 7.97. The molecule has 3 heteroatoms. The molecule has 96 valence electrons. The molecule has 2 fully saturated rings. The monoisotopic (exact) mass is 235 g/mol. The first-order valence-corrected chi connectivity index (χ1v) is 7.03. The lowest BCUT2D eigenvalue weighted by molar-refractivity contribution is 0.172. The number of nitriles is 1. The SMILES string of the molecule is CNC(C)(C#N)CCN1CCC2CCCCC21. The molecule has 3 nitrogen and oxygen atoms in total. The maximum Gasteiger partial charge on any atom is 0.104 e. The van der Waals surface area contributed by atoms with Crippen molar-refractivity contribution in [3.63, 3.8) is 0 Å². The van der Waals surface area contributed by atoms with Crippen LogP contribution in [0.25, 0.3) is 0 Å². The molecule has 17 heavy (non-hydrogen) atoms. The minimum Gasteiger partial charge on any atom is -0.303 e. The van der Waals surface area contributed by atoms with E-state index < -0.39 is 0 Å². The minimum atomic E-state index is -0.354. The lowest BCUT2D eigenvalue weighted by Crippen LogP contribution is -2.43. The molecule has 3 unspecified atom stereocenters. The van der Waals surface area contributed by atoms with Crippen LogP contribution < -0.4 is 5.32 Å². The largest absolute Gasteiger partial charge is 0.303 e. The molecule has 0 amide bonds. The van der Waals surface area contributed by atoms with Gasteiger partial charge in [-0.2, -0.15) is 5.26 Å². The second kappa shape index (κ2) is 5.37. The molecule has 0 spiro atoms. The van der Waals surface area contributed by atoms with E-state index in [-0.39, 0.29) is 5.54 Å². The van der Waals surface area contributed by atoms with Crippen molar-refractivity contribution in [2.45, 2.75) is 57.0 Å². The van der Waals surface area contributed by atoms with Gasteiger partial charge in [-0.15, -0.1) is 0 Å². The predicted molar refractivity (Wildman–Crippen MR) is 69.6 cm³/mol. The van der Waals surface area contributed by atoms with E-state index in [9.17, 15) is 0 Å². The molecule has 0 radical (unpaired) electrons. The Balaban J connectivity index is 1.86. The topological polar surface area (TPSA) is 39.1 Å². The number of hydrogen-bond acceptors (Lipinski definition) is 3. The van der Waals surface area contributed by atoms with Crippen molar-refractivity contribution in [3.05, 3.63) is 0 Å². The number of nitrogens with one attached hydrogen (secondary N) is 1. The predicted octanol–water partition coefficient (Wildman–Crippen LogP) is 2.14. The summed E-state index contributed by atoms with van der Waals surface area (Å²) >= 11 is 0. The molecule has 0 aromatic rings. The van der Waals surface area contributed by atoms with E-state index in [0.717, 1.165) is 24.9 Å². The molecule has 1 N–H and O–H groups in total. The number of likely N-dealkylation sites (tertiary alicyclic amines) is 1. The van der Waals surface area contributed by atoms with Gasteiger partial charge in [0.15, 0.2) is 0 Å². The highest BCUT2D eigenvalue weighted by Crippen LogP contribution is 2.36. The summed E-state index contributed by atoms with van der Waals surface area (Å²) in [5.74, 6) is 0.951. The van der Waals surface area contributed by atoms with Crippen molar-refractivity contribution in [1.29, 1.82) is 5.26 Å². The molecule has 1 heterocycles. The summed E-state index contributed by atoms with van der Waals surface area (Å²) in [4.78, 5) is 2.64. The van der Waals surface area contributed by atoms with E-state index in [1.807, 2.05) is 14.0 Å². The minimum absolute atomic E-state index is 0.354. The van der Waals surface area contributed by atoms with Gasteiger partial charge in [0.25, 0.3) is 0 Å². The van der Waals surface area contributed by atoms with Gasteiger partial charge in [-0.1, -0.05) is 12.8 Å². The highest BCUT2D eigenvalue weighted by molar-refractivity contribution is 5.03. The molecule has 1 saturated heterocycles. The number of nitrogens with zero attached hydrogens (tertiary/aromatic N) is 2. The lowest BCUT2D eigenvalue weighted by Gasteiger charge is -2.33. The Morgan fingerprint density at radius 1 is 1.35 bits per heavy atom. The first-order chi connectivity index (χ1) is 8.18. The molecular weight excluding hydrogens is 210 g/mol. The van der Waals surface area contributed by atoms with Gasteiger partial charge in [-0.3, -0.25) is 4.90 Å². The van der Waals surface area contributed by atoms with Crippen LogP contribution >= 0.6 is 0 Å². The van der Waals surface area contributed by atoms with Crippen LogP contribution in [-0.2, 0) is 0 Å². The van der Waals surface area contributed by atoms with Gasteiger partial charge in [-0.05, 0) is 52.1 Å². The van der Waals surface area contributed by atoms with Crippen LogP contribution in [0.2, 0.25) is 0 Å². The molecule has 0 aromatic carbocycles. The zero-order chi connectivity index (χ0) is 12.3. The van der Waals surface area contributed by atoms with Crippen molar-refractivity contribution < 1.29 is 0 Å². The Hall–Kier alpha value is -0.590. The zero-order valence-electron chi connectivity index (χ0n) is 11.2. The van der Waals surface area contributed by atoms with Crippen molar-refractivity contribution in [1.82, 2.24) is 10.2 Å². The molecule has 3 atom stereocenters. The van der Waals surface area contributed by atoms with Gasteiger partial charge < -0.3 is 5.32 Å². The van der Waals surface area contributed by atoms with Crippen molar-refractivity contribution in [2.24, 2.45) is 5.92 Å². The Morgan fingerprint density at radius 2 is 2.12 bits per heavy atom. The van der Waals surface area contributed by atoms with Gasteiger partial charge in [0.1, 0.15) is 5.54 Å². The van der Waals surface area contributed by atoms with Crippen molar-refractivity contribution in [3.8, 4) is 6.07 Å². The Kier molecular flexibility index (Phi) is 4.06. The first-order valence-electron chi connectivity index (χ1n) is 7.03. The third-order valence-corrected chi connectivity index (χ3v) is 4.82. The van der Waals surface area contributed by atoms with Crippen LogP contribution in [0.5, 0.6) is 0 Å². The van der Waals surface area contributed by atoms with Crippen LogP contribution in [0.3, 0.4) is 0 Å². The first kappa shape index (κ1) is 12.9. The Labute approximate surface area is 105 Å². The van der Waals surface area contributed by atoms with E-state index in [1.54, 1.807) is 0 Å². The van der Waals surface area contributed by atoms with Gasteiger partial charge in [0, 0.05) is 12.6 Å². The van der Waals surface area contributed by atoms with Crippen LogP contribution in [0.1, 0.15) is 45.4 Å². The zero-order valence-corrected chi connectivity index (χ0v) is 11.2. The summed E-state index contributed by atoms with van der Waals surface area (Å²) in [6, 6.07) is 3.21. The number of hydrogen-bond donors (Lipinski definition) is 1. The molecule has 2 rings (SSSR count). The normalized spacial score (nSPS) is 32.8. The molecule has 1 aliphatic heterocycles. The number of fused-ring (bicyclic) bond motifs is 1. The fourth-order valence-electron chi connectivity index (χ4n) is 3.38. The maximum absolute atomic E-state index is 9.16. The number of rotatable bonds is 4. The van der Waals surface area contributed by atoms with Gasteiger partial charge in [0.05, 0.1) is 6.07 Å². The Morgan fingerprint density at radius 3 is 2.82 bits per heavy atom. The molecule has 0 aromatic heterocycles. The van der Waals surface area contributed by atoms with Gasteiger partial charge in [0.2, 0.25) is 0 Å². The second-order valence-corrected chi connectivity index (χ2v) is 5.88. The van der Waals surface area contributed by atoms with Crippen LogP contribution in [0.15, 0.2) is 0 Å². The molecule has 2 aliphatic rings. The summed E-state index contributed by atoms with van der Waals surface area (Å²) in [7, 11) is 1.89. The summed E-state index contributed by atoms with van der Waals surface area (Å²) < 4.78 is 0. The fourth-order valence-corrected chi connectivity index (χ4v) is 3.38. The third-order valence-electron chi connectivity index (χ3n) is 4.82. The third kappa shape index (κ3) is 2.81. The molecule has 1 aliphatic carbocycles. The molecule has 0 bridgehead atoms. The summed E-state index contributed by atoms with van der Waals surface area (Å²) in [5.41, 5.74) is -0.354. The van der Waals surface area contributed by atoms with Gasteiger partial charge >= 0.3 is 0 Å². The second-order valence-electron chi connectivity index (χ2n) is 5.88. The average molecular weight is 235 g/mol. The van der Waals surface area contributed by atoms with E-state index in [1.165, 1.54) is 38.6 Å². The van der Waals surface area contributed by atoms with E-state index in [0.29, 0.717) is 0 Å². The lowest BCUT2D eigenvalue weighted by atomic mass is 9.85. The summed E-state index contributed by atoms with van der Waals surface area (Å²) in [6.45, 7) is 4.33. The summed E-state index contributed by atoms with van der Waals surface area (Å²) in [5, 5.41) is 12.3. The smallest absolute Gasteiger partial charge is 0.104 e.